The van der Waals surface area contributed by atoms with Crippen LogP contribution >= 0.6 is 15.9 Å². The van der Waals surface area contributed by atoms with Gasteiger partial charge in [-0.1, -0.05) is 35.0 Å². The van der Waals surface area contributed by atoms with Crippen molar-refractivity contribution in [2.45, 2.75) is 13.3 Å². The van der Waals surface area contributed by atoms with Crippen LogP contribution in [-0.2, 0) is 6.42 Å². The van der Waals surface area contributed by atoms with Gasteiger partial charge in [0.1, 0.15) is 11.2 Å². The number of benzene rings is 2. The number of fused-ring (bicyclic) bond motifs is 3. The third-order valence-electron chi connectivity index (χ3n) is 2.91. The van der Waals surface area contributed by atoms with Gasteiger partial charge in [0.2, 0.25) is 0 Å². The molecular weight excluding hydrogens is 264 g/mol. The predicted molar refractivity (Wildman–Crippen MR) is 70.8 cm³/mol. The Bertz CT molecular complexity index is 667. The minimum absolute atomic E-state index is 0.942. The molecule has 1 aromatic heterocycles. The lowest BCUT2D eigenvalue weighted by Gasteiger charge is -1.94. The van der Waals surface area contributed by atoms with Gasteiger partial charge in [-0.15, -0.1) is 0 Å². The second-order valence-corrected chi connectivity index (χ2v) is 4.84. The largest absolute Gasteiger partial charge is 0.456 e. The first-order valence-corrected chi connectivity index (χ1v) is 6.18. The maximum absolute atomic E-state index is 5.85. The fourth-order valence-electron chi connectivity index (χ4n) is 2.02. The zero-order valence-corrected chi connectivity index (χ0v) is 10.5. The summed E-state index contributed by atoms with van der Waals surface area (Å²) in [6, 6.07) is 12.6. The van der Waals surface area contributed by atoms with E-state index in [2.05, 4.69) is 47.1 Å². The molecular formula is C14H11BrO. The summed E-state index contributed by atoms with van der Waals surface area (Å²) in [7, 11) is 0. The molecule has 16 heavy (non-hydrogen) atoms. The molecule has 0 saturated heterocycles. The van der Waals surface area contributed by atoms with Crippen molar-refractivity contribution in [3.63, 3.8) is 0 Å². The van der Waals surface area contributed by atoms with Crippen molar-refractivity contribution < 1.29 is 4.42 Å². The monoisotopic (exact) mass is 274 g/mol. The van der Waals surface area contributed by atoms with Crippen molar-refractivity contribution in [3.05, 3.63) is 46.4 Å². The van der Waals surface area contributed by atoms with Gasteiger partial charge >= 0.3 is 0 Å². The molecule has 0 atom stereocenters. The van der Waals surface area contributed by atoms with Gasteiger partial charge in [-0.2, -0.15) is 0 Å². The van der Waals surface area contributed by atoms with Gasteiger partial charge in [0, 0.05) is 15.2 Å². The standard InChI is InChI=1S/C14H11BrO/c1-2-9-3-5-11-12-6-4-10(15)8-14(12)16-13(11)7-9/h3-8H,2H2,1H3. The molecule has 2 aromatic carbocycles. The number of halogens is 1. The number of hydrogen-bond donors (Lipinski definition) is 0. The molecule has 0 saturated carbocycles. The molecule has 0 aliphatic rings. The highest BCUT2D eigenvalue weighted by Gasteiger charge is 2.07. The topological polar surface area (TPSA) is 13.1 Å². The van der Waals surface area contributed by atoms with Crippen LogP contribution < -0.4 is 0 Å². The summed E-state index contributed by atoms with van der Waals surface area (Å²) in [5.74, 6) is 0. The van der Waals surface area contributed by atoms with Gasteiger partial charge in [0.15, 0.2) is 0 Å². The zero-order chi connectivity index (χ0) is 11.1. The summed E-state index contributed by atoms with van der Waals surface area (Å²) < 4.78 is 6.90. The van der Waals surface area contributed by atoms with Crippen LogP contribution in [-0.4, -0.2) is 0 Å². The van der Waals surface area contributed by atoms with Gasteiger partial charge < -0.3 is 4.42 Å². The Balaban J connectivity index is 2.40. The third-order valence-corrected chi connectivity index (χ3v) is 3.40. The number of hydrogen-bond acceptors (Lipinski definition) is 1. The van der Waals surface area contributed by atoms with Crippen LogP contribution in [0, 0.1) is 0 Å². The van der Waals surface area contributed by atoms with Crippen LogP contribution in [0.2, 0.25) is 0 Å². The van der Waals surface area contributed by atoms with E-state index in [9.17, 15) is 0 Å². The van der Waals surface area contributed by atoms with Crippen molar-refractivity contribution >= 4 is 37.9 Å². The van der Waals surface area contributed by atoms with Gasteiger partial charge in [-0.05, 0) is 36.2 Å². The van der Waals surface area contributed by atoms with E-state index in [4.69, 9.17) is 4.42 Å². The first-order chi connectivity index (χ1) is 7.78. The van der Waals surface area contributed by atoms with E-state index in [0.29, 0.717) is 0 Å². The minimum atomic E-state index is 0.942. The van der Waals surface area contributed by atoms with E-state index >= 15 is 0 Å². The molecule has 2 heteroatoms. The highest BCUT2D eigenvalue weighted by atomic mass is 79.9. The van der Waals surface area contributed by atoms with Crippen LogP contribution in [0.5, 0.6) is 0 Å². The SMILES string of the molecule is CCc1ccc2c(c1)oc1cc(Br)ccc12. The maximum atomic E-state index is 5.85. The molecule has 0 fully saturated rings. The highest BCUT2D eigenvalue weighted by Crippen LogP contribution is 2.31. The summed E-state index contributed by atoms with van der Waals surface area (Å²) in [4.78, 5) is 0. The van der Waals surface area contributed by atoms with Crippen molar-refractivity contribution in [1.29, 1.82) is 0 Å². The maximum Gasteiger partial charge on any atom is 0.136 e. The van der Waals surface area contributed by atoms with E-state index in [1.54, 1.807) is 0 Å². The Morgan fingerprint density at radius 2 is 1.69 bits per heavy atom. The smallest absolute Gasteiger partial charge is 0.136 e. The zero-order valence-electron chi connectivity index (χ0n) is 8.96. The van der Waals surface area contributed by atoms with Crippen LogP contribution in [0.25, 0.3) is 21.9 Å². The Labute approximate surface area is 102 Å². The van der Waals surface area contributed by atoms with Crippen LogP contribution in [0.4, 0.5) is 0 Å². The van der Waals surface area contributed by atoms with E-state index in [1.807, 2.05) is 12.1 Å². The molecule has 1 heterocycles. The summed E-state index contributed by atoms with van der Waals surface area (Å²) in [6.45, 7) is 2.15. The van der Waals surface area contributed by atoms with Gasteiger partial charge in [-0.3, -0.25) is 0 Å². The first-order valence-electron chi connectivity index (χ1n) is 5.38. The molecule has 1 nitrogen and oxygen atoms in total. The van der Waals surface area contributed by atoms with Gasteiger partial charge in [0.05, 0.1) is 0 Å². The average molecular weight is 275 g/mol. The quantitative estimate of drug-likeness (QED) is 0.615. The number of aryl methyl sites for hydroxylation is 1. The van der Waals surface area contributed by atoms with Crippen molar-refractivity contribution in [2.75, 3.05) is 0 Å². The number of rotatable bonds is 1. The Hall–Kier alpha value is -1.28. The van der Waals surface area contributed by atoms with E-state index < -0.39 is 0 Å². The lowest BCUT2D eigenvalue weighted by molar-refractivity contribution is 0.668. The normalized spacial score (nSPS) is 11.4. The molecule has 0 spiro atoms. The van der Waals surface area contributed by atoms with Gasteiger partial charge in [0.25, 0.3) is 0 Å². The summed E-state index contributed by atoms with van der Waals surface area (Å²) in [5.41, 5.74) is 3.23. The second kappa shape index (κ2) is 3.63. The molecule has 3 aromatic rings. The summed E-state index contributed by atoms with van der Waals surface area (Å²) in [6.07, 6.45) is 1.04. The van der Waals surface area contributed by atoms with E-state index in [1.165, 1.54) is 16.3 Å². The molecule has 80 valence electrons. The van der Waals surface area contributed by atoms with Crippen LogP contribution in [0.3, 0.4) is 0 Å². The van der Waals surface area contributed by atoms with Crippen LogP contribution in [0.1, 0.15) is 12.5 Å². The second-order valence-electron chi connectivity index (χ2n) is 3.93. The molecule has 0 unspecified atom stereocenters. The number of furan rings is 1. The van der Waals surface area contributed by atoms with E-state index in [0.717, 1.165) is 22.1 Å². The third kappa shape index (κ3) is 1.45. The Morgan fingerprint density at radius 1 is 1.00 bits per heavy atom. The molecule has 0 aliphatic carbocycles. The lowest BCUT2D eigenvalue weighted by Crippen LogP contribution is -1.77. The Morgan fingerprint density at radius 3 is 2.44 bits per heavy atom. The van der Waals surface area contributed by atoms with Gasteiger partial charge in [-0.25, -0.2) is 0 Å². The first kappa shape index (κ1) is 9.91. The van der Waals surface area contributed by atoms with Crippen molar-refractivity contribution in [3.8, 4) is 0 Å². The predicted octanol–water partition coefficient (Wildman–Crippen LogP) is 4.91. The highest BCUT2D eigenvalue weighted by molar-refractivity contribution is 9.10. The molecule has 0 radical (unpaired) electrons. The minimum Gasteiger partial charge on any atom is -0.456 e. The fourth-order valence-corrected chi connectivity index (χ4v) is 2.36. The molecule has 3 rings (SSSR count). The Kier molecular flexibility index (Phi) is 2.25. The average Bonchev–Trinajstić information content (AvgIpc) is 2.64. The summed E-state index contributed by atoms with van der Waals surface area (Å²) >= 11 is 3.46. The molecule has 0 N–H and O–H groups in total. The molecule has 0 bridgehead atoms. The lowest BCUT2D eigenvalue weighted by atomic mass is 10.1. The molecule has 0 amide bonds. The van der Waals surface area contributed by atoms with Crippen LogP contribution in [0.15, 0.2) is 45.3 Å². The van der Waals surface area contributed by atoms with Crippen molar-refractivity contribution in [2.24, 2.45) is 0 Å². The van der Waals surface area contributed by atoms with E-state index in [-0.39, 0.29) is 0 Å². The summed E-state index contributed by atoms with van der Waals surface area (Å²) in [5, 5.41) is 2.38. The van der Waals surface area contributed by atoms with Crippen molar-refractivity contribution in [1.82, 2.24) is 0 Å². The molecule has 0 aliphatic heterocycles. The fraction of sp³-hybridized carbons (Fsp3) is 0.143.